The molecule has 21 heavy (non-hydrogen) atoms. The summed E-state index contributed by atoms with van der Waals surface area (Å²) in [6.07, 6.45) is 0.127. The van der Waals surface area contributed by atoms with Crippen molar-refractivity contribution >= 4 is 0 Å². The summed E-state index contributed by atoms with van der Waals surface area (Å²) in [5.41, 5.74) is 10.7. The van der Waals surface area contributed by atoms with Crippen LogP contribution in [0.2, 0.25) is 0 Å². The minimum atomic E-state index is -0.579. The fraction of sp³-hybridized carbons (Fsp3) is 0.368. The third-order valence-electron chi connectivity index (χ3n) is 3.92. The minimum Gasteiger partial charge on any atom is -0.491 e. The molecule has 1 unspecified atom stereocenters. The van der Waals surface area contributed by atoms with Crippen molar-refractivity contribution in [2.24, 2.45) is 5.73 Å². The number of para-hydroxylation sites is 1. The third kappa shape index (κ3) is 3.27. The maximum Gasteiger partial charge on any atom is 0.125 e. The second kappa shape index (κ2) is 5.90. The van der Waals surface area contributed by atoms with Gasteiger partial charge in [0.25, 0.3) is 0 Å². The quantitative estimate of drug-likeness (QED) is 0.907. The van der Waals surface area contributed by atoms with E-state index in [1.807, 2.05) is 45.0 Å². The van der Waals surface area contributed by atoms with Crippen molar-refractivity contribution in [1.82, 2.24) is 0 Å². The summed E-state index contributed by atoms with van der Waals surface area (Å²) in [6.45, 7) is 10.3. The van der Waals surface area contributed by atoms with Crippen molar-refractivity contribution in [2.75, 3.05) is 0 Å². The van der Waals surface area contributed by atoms with E-state index in [9.17, 15) is 0 Å². The van der Waals surface area contributed by atoms with Crippen molar-refractivity contribution in [3.05, 3.63) is 64.7 Å². The van der Waals surface area contributed by atoms with Gasteiger partial charge >= 0.3 is 0 Å². The Morgan fingerprint density at radius 2 is 1.67 bits per heavy atom. The second-order valence-electron chi connectivity index (χ2n) is 6.16. The van der Waals surface area contributed by atoms with Gasteiger partial charge in [0.05, 0.1) is 11.6 Å². The molecule has 2 aromatic rings. The summed E-state index contributed by atoms with van der Waals surface area (Å²) in [4.78, 5) is 0. The normalized spacial score (nSPS) is 14.0. The third-order valence-corrected chi connectivity index (χ3v) is 3.92. The molecule has 2 aromatic carbocycles. The van der Waals surface area contributed by atoms with E-state index in [4.69, 9.17) is 10.5 Å². The Balaban J connectivity index is 2.50. The highest BCUT2D eigenvalue weighted by Gasteiger charge is 2.27. The molecule has 0 aliphatic carbocycles. The number of aryl methyl sites for hydroxylation is 2. The molecule has 2 heteroatoms. The van der Waals surface area contributed by atoms with Gasteiger partial charge in [0, 0.05) is 5.56 Å². The Hall–Kier alpha value is -1.80. The first-order valence-corrected chi connectivity index (χ1v) is 7.45. The van der Waals surface area contributed by atoms with Crippen LogP contribution in [0, 0.1) is 13.8 Å². The second-order valence-corrected chi connectivity index (χ2v) is 6.16. The van der Waals surface area contributed by atoms with Gasteiger partial charge in [-0.05, 0) is 57.4 Å². The Morgan fingerprint density at radius 1 is 1.00 bits per heavy atom. The van der Waals surface area contributed by atoms with Gasteiger partial charge in [-0.1, -0.05) is 36.4 Å². The molecule has 2 N–H and O–H groups in total. The topological polar surface area (TPSA) is 35.2 Å². The zero-order chi connectivity index (χ0) is 15.6. The molecule has 0 bridgehead atoms. The summed E-state index contributed by atoms with van der Waals surface area (Å²) in [5.74, 6) is 0.857. The molecule has 0 amide bonds. The van der Waals surface area contributed by atoms with Crippen molar-refractivity contribution in [1.29, 1.82) is 0 Å². The van der Waals surface area contributed by atoms with E-state index in [1.54, 1.807) is 0 Å². The van der Waals surface area contributed by atoms with Gasteiger partial charge in [-0.3, -0.25) is 0 Å². The first-order valence-electron chi connectivity index (χ1n) is 7.45. The van der Waals surface area contributed by atoms with Crippen LogP contribution in [0.25, 0.3) is 0 Å². The zero-order valence-electron chi connectivity index (χ0n) is 13.6. The van der Waals surface area contributed by atoms with Crippen LogP contribution in [0.3, 0.4) is 0 Å². The van der Waals surface area contributed by atoms with Gasteiger partial charge in [0.15, 0.2) is 0 Å². The highest BCUT2D eigenvalue weighted by Crippen LogP contribution is 2.34. The summed E-state index contributed by atoms with van der Waals surface area (Å²) in [6, 6.07) is 14.4. The van der Waals surface area contributed by atoms with Crippen LogP contribution in [0.4, 0.5) is 0 Å². The number of hydrogen-bond donors (Lipinski definition) is 1. The molecule has 112 valence electrons. The van der Waals surface area contributed by atoms with E-state index in [0.29, 0.717) is 0 Å². The van der Waals surface area contributed by atoms with Gasteiger partial charge in [-0.15, -0.1) is 0 Å². The Kier molecular flexibility index (Phi) is 4.38. The van der Waals surface area contributed by atoms with E-state index in [-0.39, 0.29) is 6.10 Å². The highest BCUT2D eigenvalue weighted by molar-refractivity contribution is 5.47. The lowest BCUT2D eigenvalue weighted by Gasteiger charge is -2.29. The highest BCUT2D eigenvalue weighted by atomic mass is 16.5. The lowest BCUT2D eigenvalue weighted by molar-refractivity contribution is 0.237. The Morgan fingerprint density at radius 3 is 2.29 bits per heavy atom. The maximum atomic E-state index is 6.67. The maximum absolute atomic E-state index is 6.67. The first kappa shape index (κ1) is 15.6. The molecule has 0 fully saturated rings. The van der Waals surface area contributed by atoms with Gasteiger partial charge in [-0.25, -0.2) is 0 Å². The van der Waals surface area contributed by atoms with E-state index in [0.717, 1.165) is 16.9 Å². The molecule has 0 spiro atoms. The van der Waals surface area contributed by atoms with Crippen molar-refractivity contribution in [3.63, 3.8) is 0 Å². The number of ether oxygens (including phenoxy) is 1. The molecular formula is C19H25NO. The molecule has 0 radical (unpaired) electrons. The van der Waals surface area contributed by atoms with Crippen molar-refractivity contribution in [2.45, 2.75) is 46.3 Å². The minimum absolute atomic E-state index is 0.127. The van der Waals surface area contributed by atoms with Gasteiger partial charge in [0.2, 0.25) is 0 Å². The van der Waals surface area contributed by atoms with E-state index in [2.05, 4.69) is 32.0 Å². The van der Waals surface area contributed by atoms with Crippen LogP contribution in [0.5, 0.6) is 5.75 Å². The standard InChI is InChI=1S/C19H25NO/c1-13(2)21-18-9-7-6-8-17(18)19(5,20)16-11-10-14(3)15(4)12-16/h6-13H,20H2,1-5H3. The lowest BCUT2D eigenvalue weighted by atomic mass is 9.84. The average molecular weight is 283 g/mol. The average Bonchev–Trinajstić information content (AvgIpc) is 2.41. The number of benzene rings is 2. The lowest BCUT2D eigenvalue weighted by Crippen LogP contribution is -2.35. The molecule has 0 aromatic heterocycles. The predicted molar refractivity (Wildman–Crippen MR) is 88.8 cm³/mol. The largest absolute Gasteiger partial charge is 0.491 e. The molecule has 1 atom stereocenters. The summed E-state index contributed by atoms with van der Waals surface area (Å²) >= 11 is 0. The molecule has 0 saturated heterocycles. The fourth-order valence-corrected chi connectivity index (χ4v) is 2.47. The van der Waals surface area contributed by atoms with E-state index < -0.39 is 5.54 Å². The number of rotatable bonds is 4. The van der Waals surface area contributed by atoms with Crippen LogP contribution in [0.1, 0.15) is 43.0 Å². The summed E-state index contributed by atoms with van der Waals surface area (Å²) in [7, 11) is 0. The molecule has 0 aliphatic rings. The molecular weight excluding hydrogens is 258 g/mol. The smallest absolute Gasteiger partial charge is 0.125 e. The van der Waals surface area contributed by atoms with Gasteiger partial charge < -0.3 is 10.5 Å². The van der Waals surface area contributed by atoms with Crippen molar-refractivity contribution < 1.29 is 4.74 Å². The van der Waals surface area contributed by atoms with Gasteiger partial charge in [-0.2, -0.15) is 0 Å². The van der Waals surface area contributed by atoms with Gasteiger partial charge in [0.1, 0.15) is 5.75 Å². The van der Waals surface area contributed by atoms with E-state index in [1.165, 1.54) is 11.1 Å². The fourth-order valence-electron chi connectivity index (χ4n) is 2.47. The number of nitrogens with two attached hydrogens (primary N) is 1. The molecule has 2 rings (SSSR count). The monoisotopic (exact) mass is 283 g/mol. The van der Waals surface area contributed by atoms with E-state index >= 15 is 0 Å². The Bertz CT molecular complexity index is 629. The summed E-state index contributed by atoms with van der Waals surface area (Å²) in [5, 5.41) is 0. The molecule has 0 aliphatic heterocycles. The number of hydrogen-bond acceptors (Lipinski definition) is 2. The molecule has 2 nitrogen and oxygen atoms in total. The van der Waals surface area contributed by atoms with Crippen molar-refractivity contribution in [3.8, 4) is 5.75 Å². The van der Waals surface area contributed by atoms with Crippen LogP contribution in [0.15, 0.2) is 42.5 Å². The zero-order valence-corrected chi connectivity index (χ0v) is 13.6. The summed E-state index contributed by atoms with van der Waals surface area (Å²) < 4.78 is 5.93. The molecule has 0 saturated carbocycles. The van der Waals surface area contributed by atoms with Crippen LogP contribution in [-0.2, 0) is 5.54 Å². The first-order chi connectivity index (χ1) is 9.82. The van der Waals surface area contributed by atoms with Crippen LogP contribution >= 0.6 is 0 Å². The van der Waals surface area contributed by atoms with Crippen LogP contribution < -0.4 is 10.5 Å². The predicted octanol–water partition coefficient (Wildman–Crippen LogP) is 4.31. The Labute approximate surface area is 127 Å². The molecule has 0 heterocycles. The SMILES string of the molecule is Cc1ccc(C(C)(N)c2ccccc2OC(C)C)cc1C. The van der Waals surface area contributed by atoms with Crippen LogP contribution in [-0.4, -0.2) is 6.10 Å².